The molecule has 1 aliphatic heterocycles. The van der Waals surface area contributed by atoms with Gasteiger partial charge in [0.1, 0.15) is 5.82 Å². The number of nitrogens with zero attached hydrogens (tertiary/aromatic N) is 4. The van der Waals surface area contributed by atoms with Crippen LogP contribution in [0.1, 0.15) is 0 Å². The highest BCUT2D eigenvalue weighted by Crippen LogP contribution is 2.11. The van der Waals surface area contributed by atoms with Crippen molar-refractivity contribution in [3.63, 3.8) is 0 Å². The molecule has 1 aliphatic rings. The largest absolute Gasteiger partial charge is 0.345 e. The fourth-order valence-electron chi connectivity index (χ4n) is 1.38. The van der Waals surface area contributed by atoms with Crippen molar-refractivity contribution in [1.29, 1.82) is 0 Å². The van der Waals surface area contributed by atoms with Crippen LogP contribution in [0.4, 0.5) is 5.82 Å². The van der Waals surface area contributed by atoms with Gasteiger partial charge in [-0.15, -0.1) is 0 Å². The number of aromatic nitrogens is 2. The highest BCUT2D eigenvalue weighted by Gasteiger charge is 2.21. The summed E-state index contributed by atoms with van der Waals surface area (Å²) in [6.07, 6.45) is 4.15. The lowest BCUT2D eigenvalue weighted by atomic mass is 10.3. The lowest BCUT2D eigenvalue weighted by Crippen LogP contribution is -2.48. The number of likely N-dealkylation sites (N-methyl/N-ethyl adjacent to an activating group) is 1. The number of piperazine rings is 1. The fourth-order valence-corrected chi connectivity index (χ4v) is 1.38. The van der Waals surface area contributed by atoms with Crippen molar-refractivity contribution in [2.45, 2.75) is 0 Å². The minimum absolute atomic E-state index is 0.120. The maximum Gasteiger partial charge on any atom is 0.241 e. The number of hydrogen-bond donors (Lipinski definition) is 0. The first-order valence-electron chi connectivity index (χ1n) is 4.45. The Morgan fingerprint density at radius 2 is 2.36 bits per heavy atom. The molecule has 1 radical (unpaired) electrons. The van der Waals surface area contributed by atoms with Gasteiger partial charge in [-0.3, -0.25) is 4.79 Å². The molecule has 1 fully saturated rings. The zero-order valence-corrected chi connectivity index (χ0v) is 7.97. The standard InChI is InChI=1S/C9H11N4O/c1-12-4-5-13(6-9(12)14)8-2-3-10-7-11-8/h2-3H,4-6H2,1H3. The van der Waals surface area contributed by atoms with Crippen molar-refractivity contribution < 1.29 is 4.79 Å². The van der Waals surface area contributed by atoms with Crippen molar-refractivity contribution in [1.82, 2.24) is 14.9 Å². The van der Waals surface area contributed by atoms with Crippen molar-refractivity contribution >= 4 is 11.7 Å². The number of anilines is 1. The molecule has 0 saturated carbocycles. The van der Waals surface area contributed by atoms with Gasteiger partial charge < -0.3 is 9.80 Å². The van der Waals surface area contributed by atoms with E-state index in [4.69, 9.17) is 0 Å². The van der Waals surface area contributed by atoms with E-state index in [9.17, 15) is 4.79 Å². The van der Waals surface area contributed by atoms with Crippen LogP contribution in [0, 0.1) is 6.33 Å². The molecule has 0 bridgehead atoms. The van der Waals surface area contributed by atoms with E-state index in [0.717, 1.165) is 18.9 Å². The second-order valence-electron chi connectivity index (χ2n) is 3.25. The smallest absolute Gasteiger partial charge is 0.241 e. The first kappa shape index (κ1) is 8.93. The molecule has 5 nitrogen and oxygen atoms in total. The number of rotatable bonds is 1. The van der Waals surface area contributed by atoms with Crippen LogP contribution in [0.25, 0.3) is 0 Å². The average molecular weight is 191 g/mol. The topological polar surface area (TPSA) is 49.3 Å². The van der Waals surface area contributed by atoms with Crippen LogP contribution in [0.3, 0.4) is 0 Å². The lowest BCUT2D eigenvalue weighted by Gasteiger charge is -2.32. The average Bonchev–Trinajstić information content (AvgIpc) is 2.23. The molecule has 1 saturated heterocycles. The molecule has 0 N–H and O–H groups in total. The van der Waals surface area contributed by atoms with E-state index < -0.39 is 0 Å². The van der Waals surface area contributed by atoms with Crippen LogP contribution in [0.2, 0.25) is 0 Å². The Labute approximate surface area is 82.4 Å². The Morgan fingerprint density at radius 1 is 1.50 bits per heavy atom. The van der Waals surface area contributed by atoms with Crippen LogP contribution in [-0.4, -0.2) is 47.5 Å². The Kier molecular flexibility index (Phi) is 2.30. The number of carbonyl (C=O) groups excluding carboxylic acids is 1. The zero-order chi connectivity index (χ0) is 9.97. The quantitative estimate of drug-likeness (QED) is 0.603. The predicted octanol–water partition coefficient (Wildman–Crippen LogP) is -0.445. The zero-order valence-electron chi connectivity index (χ0n) is 7.97. The monoisotopic (exact) mass is 191 g/mol. The Balaban J connectivity index is 2.11. The third-order valence-corrected chi connectivity index (χ3v) is 2.30. The van der Waals surface area contributed by atoms with E-state index in [1.54, 1.807) is 17.2 Å². The number of hydrogen-bond acceptors (Lipinski definition) is 4. The summed E-state index contributed by atoms with van der Waals surface area (Å²) in [7, 11) is 1.81. The second kappa shape index (κ2) is 3.61. The van der Waals surface area contributed by atoms with Gasteiger partial charge >= 0.3 is 0 Å². The van der Waals surface area contributed by atoms with Gasteiger partial charge in [0.05, 0.1) is 6.54 Å². The summed E-state index contributed by atoms with van der Waals surface area (Å²) in [5.74, 6) is 0.885. The van der Waals surface area contributed by atoms with Gasteiger partial charge in [-0.2, -0.15) is 0 Å². The Morgan fingerprint density at radius 3 is 3.00 bits per heavy atom. The van der Waals surface area contributed by atoms with Crippen molar-refractivity contribution in [3.8, 4) is 0 Å². The van der Waals surface area contributed by atoms with Gasteiger partial charge in [0.2, 0.25) is 5.91 Å². The number of amides is 1. The van der Waals surface area contributed by atoms with Crippen molar-refractivity contribution in [3.05, 3.63) is 18.6 Å². The summed E-state index contributed by atoms with van der Waals surface area (Å²) < 4.78 is 0. The maximum absolute atomic E-state index is 11.4. The van der Waals surface area contributed by atoms with Gasteiger partial charge in [0, 0.05) is 26.3 Å². The molecule has 73 valence electrons. The summed E-state index contributed by atoms with van der Waals surface area (Å²) in [5, 5.41) is 0. The normalized spacial score (nSPS) is 17.4. The van der Waals surface area contributed by atoms with E-state index in [0.29, 0.717) is 6.54 Å². The summed E-state index contributed by atoms with van der Waals surface area (Å²) in [6, 6.07) is 1.79. The molecule has 0 unspecified atom stereocenters. The molecule has 14 heavy (non-hydrogen) atoms. The molecule has 0 aliphatic carbocycles. The lowest BCUT2D eigenvalue weighted by molar-refractivity contribution is -0.129. The van der Waals surface area contributed by atoms with Gasteiger partial charge in [0.15, 0.2) is 6.33 Å². The third-order valence-electron chi connectivity index (χ3n) is 2.30. The Hall–Kier alpha value is -1.65. The highest BCUT2D eigenvalue weighted by molar-refractivity contribution is 5.82. The van der Waals surface area contributed by atoms with Gasteiger partial charge in [-0.1, -0.05) is 0 Å². The van der Waals surface area contributed by atoms with Crippen LogP contribution < -0.4 is 4.90 Å². The first-order valence-corrected chi connectivity index (χ1v) is 4.45. The van der Waals surface area contributed by atoms with Gasteiger partial charge in [-0.25, -0.2) is 9.97 Å². The molecule has 1 aromatic heterocycles. The van der Waals surface area contributed by atoms with Crippen LogP contribution >= 0.6 is 0 Å². The summed E-state index contributed by atoms with van der Waals surface area (Å²) >= 11 is 0. The molecule has 0 atom stereocenters. The number of carbonyl (C=O) groups is 1. The minimum atomic E-state index is 0.120. The minimum Gasteiger partial charge on any atom is -0.345 e. The van der Waals surface area contributed by atoms with E-state index in [1.807, 2.05) is 11.9 Å². The first-order chi connectivity index (χ1) is 6.77. The van der Waals surface area contributed by atoms with E-state index >= 15 is 0 Å². The molecule has 0 spiro atoms. The van der Waals surface area contributed by atoms with Crippen LogP contribution in [-0.2, 0) is 4.79 Å². The van der Waals surface area contributed by atoms with E-state index in [-0.39, 0.29) is 5.91 Å². The molecule has 5 heteroatoms. The molecule has 1 aromatic rings. The summed E-state index contributed by atoms with van der Waals surface area (Å²) in [6.45, 7) is 1.94. The second-order valence-corrected chi connectivity index (χ2v) is 3.25. The van der Waals surface area contributed by atoms with Gasteiger partial charge in [0.25, 0.3) is 0 Å². The molecule has 2 rings (SSSR count). The van der Waals surface area contributed by atoms with Crippen LogP contribution in [0.15, 0.2) is 12.3 Å². The van der Waals surface area contributed by atoms with E-state index in [1.165, 1.54) is 0 Å². The molecule has 1 amide bonds. The van der Waals surface area contributed by atoms with Gasteiger partial charge in [-0.05, 0) is 6.07 Å². The molecular formula is C9H11N4O. The Bertz CT molecular complexity index is 327. The summed E-state index contributed by atoms with van der Waals surface area (Å²) in [4.78, 5) is 22.8. The maximum atomic E-state index is 11.4. The van der Waals surface area contributed by atoms with Crippen LogP contribution in [0.5, 0.6) is 0 Å². The molecule has 0 aromatic carbocycles. The van der Waals surface area contributed by atoms with Crippen molar-refractivity contribution in [2.24, 2.45) is 0 Å². The van der Waals surface area contributed by atoms with E-state index in [2.05, 4.69) is 16.3 Å². The molecular weight excluding hydrogens is 180 g/mol. The molecule has 2 heterocycles. The van der Waals surface area contributed by atoms with Crippen molar-refractivity contribution in [2.75, 3.05) is 31.6 Å². The fraction of sp³-hybridized carbons (Fsp3) is 0.444. The highest BCUT2D eigenvalue weighted by atomic mass is 16.2. The third kappa shape index (κ3) is 1.66. The predicted molar refractivity (Wildman–Crippen MR) is 50.7 cm³/mol. The SMILES string of the molecule is CN1CCN(c2ccn[c]n2)CC1=O. The summed E-state index contributed by atoms with van der Waals surface area (Å²) in [5.41, 5.74) is 0.